The summed E-state index contributed by atoms with van der Waals surface area (Å²) in [5.41, 5.74) is 1.53. The van der Waals surface area contributed by atoms with Gasteiger partial charge in [-0.15, -0.1) is 11.8 Å². The van der Waals surface area contributed by atoms with Crippen LogP contribution >= 0.6 is 23.1 Å². The number of methoxy groups -OCH3 is 1. The first-order valence-electron chi connectivity index (χ1n) is 8.99. The second-order valence-corrected chi connectivity index (χ2v) is 8.55. The predicted octanol–water partition coefficient (Wildman–Crippen LogP) is 3.70. The third-order valence-electron chi connectivity index (χ3n) is 4.22. The number of thioether (sulfide) groups is 1. The zero-order valence-electron chi connectivity index (χ0n) is 16.4. The van der Waals surface area contributed by atoms with E-state index in [-0.39, 0.29) is 24.6 Å². The van der Waals surface area contributed by atoms with E-state index in [0.717, 1.165) is 4.90 Å². The number of thiazole rings is 1. The number of fused-ring (bicyclic) bond motifs is 1. The van der Waals surface area contributed by atoms with Crippen LogP contribution in [0, 0.1) is 17.0 Å². The normalized spacial score (nSPS) is 11.6. The quantitative estimate of drug-likeness (QED) is 0.238. The fourth-order valence-corrected chi connectivity index (χ4v) is 4.52. The summed E-state index contributed by atoms with van der Waals surface area (Å²) < 4.78 is 6.87. The van der Waals surface area contributed by atoms with Crippen LogP contribution in [-0.4, -0.2) is 34.2 Å². The summed E-state index contributed by atoms with van der Waals surface area (Å²) in [5, 5.41) is 11.1. The fraction of sp³-hybridized carbons (Fsp3) is 0.250. The number of benzene rings is 2. The summed E-state index contributed by atoms with van der Waals surface area (Å²) in [7, 11) is 1.25. The molecule has 0 atom stereocenters. The number of esters is 1. The molecule has 3 rings (SSSR count). The third-order valence-corrected chi connectivity index (χ3v) is 6.29. The number of hydrogen-bond acceptors (Lipinski definition) is 7. The first kappa shape index (κ1) is 21.7. The van der Waals surface area contributed by atoms with Crippen molar-refractivity contribution in [2.45, 2.75) is 24.8 Å². The zero-order valence-corrected chi connectivity index (χ0v) is 18.0. The topological polar surface area (TPSA) is 104 Å². The van der Waals surface area contributed by atoms with Crippen LogP contribution in [0.5, 0.6) is 0 Å². The van der Waals surface area contributed by atoms with Crippen molar-refractivity contribution in [2.75, 3.05) is 12.9 Å². The van der Waals surface area contributed by atoms with Crippen molar-refractivity contribution in [2.24, 2.45) is 4.99 Å². The minimum absolute atomic E-state index is 0.105. The zero-order chi connectivity index (χ0) is 21.7. The van der Waals surface area contributed by atoms with Gasteiger partial charge < -0.3 is 9.30 Å². The van der Waals surface area contributed by atoms with Crippen LogP contribution in [0.3, 0.4) is 0 Å². The van der Waals surface area contributed by atoms with Gasteiger partial charge in [0.05, 0.1) is 22.2 Å². The van der Waals surface area contributed by atoms with Gasteiger partial charge in [0.25, 0.3) is 5.69 Å². The molecule has 30 heavy (non-hydrogen) atoms. The molecule has 8 nitrogen and oxygen atoms in total. The van der Waals surface area contributed by atoms with Gasteiger partial charge in [-0.1, -0.05) is 29.0 Å². The third kappa shape index (κ3) is 5.33. The van der Waals surface area contributed by atoms with Crippen LogP contribution in [0.25, 0.3) is 10.2 Å². The van der Waals surface area contributed by atoms with E-state index in [1.807, 2.05) is 31.2 Å². The van der Waals surface area contributed by atoms with Gasteiger partial charge in [0.15, 0.2) is 4.80 Å². The lowest BCUT2D eigenvalue weighted by molar-refractivity contribution is -0.384. The molecule has 156 valence electrons. The Morgan fingerprint density at radius 2 is 1.97 bits per heavy atom. The lowest BCUT2D eigenvalue weighted by atomic mass is 10.2. The van der Waals surface area contributed by atoms with Crippen molar-refractivity contribution >= 4 is 50.9 Å². The summed E-state index contributed by atoms with van der Waals surface area (Å²) in [6.07, 6.45) is 0.227. The van der Waals surface area contributed by atoms with Crippen molar-refractivity contribution in [3.63, 3.8) is 0 Å². The van der Waals surface area contributed by atoms with Gasteiger partial charge in [0.2, 0.25) is 5.91 Å². The number of aryl methyl sites for hydroxylation is 1. The minimum atomic E-state index is -0.537. The SMILES string of the molecule is COC(=O)Cn1c(=NC(=O)CCSc2ccc(C)cc2)sc2ccc([N+](=O)[O-])cc21. The summed E-state index contributed by atoms with van der Waals surface area (Å²) in [6, 6.07) is 12.4. The molecule has 10 heteroatoms. The Bertz CT molecular complexity index is 1170. The number of nitro groups is 1. The number of rotatable bonds is 7. The Hall–Kier alpha value is -2.98. The molecule has 0 aliphatic rings. The van der Waals surface area contributed by atoms with Crippen LogP contribution in [0.1, 0.15) is 12.0 Å². The van der Waals surface area contributed by atoms with Gasteiger partial charge >= 0.3 is 5.97 Å². The number of non-ortho nitro benzene ring substituents is 1. The van der Waals surface area contributed by atoms with Gasteiger partial charge in [-0.25, -0.2) is 0 Å². The van der Waals surface area contributed by atoms with Crippen LogP contribution in [0.15, 0.2) is 52.4 Å². The average molecular weight is 446 g/mol. The molecule has 0 aliphatic heterocycles. The van der Waals surface area contributed by atoms with Crippen molar-refractivity contribution in [3.05, 3.63) is 62.9 Å². The molecule has 1 heterocycles. The van der Waals surface area contributed by atoms with Crippen molar-refractivity contribution in [1.82, 2.24) is 4.57 Å². The highest BCUT2D eigenvalue weighted by Gasteiger charge is 2.15. The van der Waals surface area contributed by atoms with Crippen molar-refractivity contribution in [1.29, 1.82) is 0 Å². The maximum atomic E-state index is 12.4. The second-order valence-electron chi connectivity index (χ2n) is 6.37. The van der Waals surface area contributed by atoms with Gasteiger partial charge in [-0.2, -0.15) is 4.99 Å². The van der Waals surface area contributed by atoms with E-state index in [1.54, 1.807) is 17.8 Å². The van der Waals surface area contributed by atoms with E-state index in [0.29, 0.717) is 20.8 Å². The highest BCUT2D eigenvalue weighted by atomic mass is 32.2. The number of ether oxygens (including phenoxy) is 1. The number of carbonyl (C=O) groups excluding carboxylic acids is 2. The molecule has 0 bridgehead atoms. The average Bonchev–Trinajstić information content (AvgIpc) is 3.05. The molecule has 3 aromatic rings. The molecule has 0 unspecified atom stereocenters. The van der Waals surface area contributed by atoms with Gasteiger partial charge in [-0.05, 0) is 25.1 Å². The molecule has 0 fully saturated rings. The number of nitrogens with zero attached hydrogens (tertiary/aromatic N) is 3. The number of carbonyl (C=O) groups is 2. The largest absolute Gasteiger partial charge is 0.468 e. The molecule has 2 aromatic carbocycles. The molecule has 1 amide bonds. The van der Waals surface area contributed by atoms with Crippen molar-refractivity contribution in [3.8, 4) is 0 Å². The molecule has 0 spiro atoms. The summed E-state index contributed by atoms with van der Waals surface area (Å²) >= 11 is 2.76. The molecule has 1 aromatic heterocycles. The van der Waals surface area contributed by atoms with E-state index in [4.69, 9.17) is 4.74 Å². The highest BCUT2D eigenvalue weighted by Crippen LogP contribution is 2.23. The first-order valence-corrected chi connectivity index (χ1v) is 10.8. The highest BCUT2D eigenvalue weighted by molar-refractivity contribution is 7.99. The molecule has 0 aliphatic carbocycles. The van der Waals surface area contributed by atoms with Crippen molar-refractivity contribution < 1.29 is 19.2 Å². The minimum Gasteiger partial charge on any atom is -0.468 e. The smallest absolute Gasteiger partial charge is 0.325 e. The van der Waals surface area contributed by atoms with E-state index < -0.39 is 10.9 Å². The standard InChI is InChI=1S/C20H19N3O5S2/c1-13-3-6-15(7-4-13)29-10-9-18(24)21-20-22(12-19(25)28-2)16-11-14(23(26)27)5-8-17(16)30-20/h3-8,11H,9-10,12H2,1-2H3. The number of hydrogen-bond donors (Lipinski definition) is 0. The fourth-order valence-electron chi connectivity index (χ4n) is 2.66. The molecule has 0 saturated carbocycles. The summed E-state index contributed by atoms with van der Waals surface area (Å²) in [6.45, 7) is 1.82. The summed E-state index contributed by atoms with van der Waals surface area (Å²) in [4.78, 5) is 40.4. The molecular weight excluding hydrogens is 426 g/mol. The van der Waals surface area contributed by atoms with E-state index >= 15 is 0 Å². The Morgan fingerprint density at radius 3 is 2.63 bits per heavy atom. The molecular formula is C20H19N3O5S2. The number of aromatic nitrogens is 1. The summed E-state index contributed by atoms with van der Waals surface area (Å²) in [5.74, 6) is -0.294. The van der Waals surface area contributed by atoms with Crippen LogP contribution in [0.4, 0.5) is 5.69 Å². The monoisotopic (exact) mass is 445 g/mol. The molecule has 0 radical (unpaired) electrons. The van der Waals surface area contributed by atoms with E-state index in [1.165, 1.54) is 40.7 Å². The number of nitro benzene ring substituents is 1. The van der Waals surface area contributed by atoms with Crippen LogP contribution in [-0.2, 0) is 20.9 Å². The Balaban J connectivity index is 1.84. The maximum absolute atomic E-state index is 12.4. The molecule has 0 saturated heterocycles. The Kier molecular flexibility index (Phi) is 7.01. The first-order chi connectivity index (χ1) is 14.4. The Labute approximate surface area is 180 Å². The van der Waals surface area contributed by atoms with Gasteiger partial charge in [0.1, 0.15) is 6.54 Å². The van der Waals surface area contributed by atoms with E-state index in [2.05, 4.69) is 4.99 Å². The van der Waals surface area contributed by atoms with Gasteiger partial charge in [0, 0.05) is 29.2 Å². The lowest BCUT2D eigenvalue weighted by Gasteiger charge is -2.03. The number of amides is 1. The second kappa shape index (κ2) is 9.68. The van der Waals surface area contributed by atoms with Gasteiger partial charge in [-0.3, -0.25) is 19.7 Å². The maximum Gasteiger partial charge on any atom is 0.325 e. The predicted molar refractivity (Wildman–Crippen MR) is 116 cm³/mol. The van der Waals surface area contributed by atoms with E-state index in [9.17, 15) is 19.7 Å². The molecule has 0 N–H and O–H groups in total. The lowest BCUT2D eigenvalue weighted by Crippen LogP contribution is -2.22. The van der Waals surface area contributed by atoms with Crippen LogP contribution < -0.4 is 4.80 Å². The Morgan fingerprint density at radius 1 is 1.23 bits per heavy atom. The van der Waals surface area contributed by atoms with Crippen LogP contribution in [0.2, 0.25) is 0 Å².